The number of likely N-dealkylation sites (tertiary alicyclic amines) is 2. The first kappa shape index (κ1) is 18.4. The molecule has 0 aromatic carbocycles. The van der Waals surface area contributed by atoms with Crippen molar-refractivity contribution < 1.29 is 14.3 Å². The minimum atomic E-state index is 0.0491. The largest absolute Gasteiger partial charge is 0.384 e. The molecule has 1 spiro atoms. The summed E-state index contributed by atoms with van der Waals surface area (Å²) in [7, 11) is 5.37. The van der Waals surface area contributed by atoms with Gasteiger partial charge in [0.15, 0.2) is 0 Å². The lowest BCUT2D eigenvalue weighted by molar-refractivity contribution is 0.0317. The maximum Gasteiger partial charge on any atom is 0.274 e. The van der Waals surface area contributed by atoms with Crippen LogP contribution in [0, 0.1) is 11.3 Å². The normalized spacial score (nSPS) is 23.5. The number of hydrogen-bond donors (Lipinski definition) is 0. The average Bonchev–Trinajstić information content (AvgIpc) is 3.18. The first-order valence-corrected chi connectivity index (χ1v) is 9.07. The van der Waals surface area contributed by atoms with Crippen LogP contribution in [0.4, 0.5) is 0 Å². The van der Waals surface area contributed by atoms with Gasteiger partial charge in [0.05, 0.1) is 13.2 Å². The van der Waals surface area contributed by atoms with Crippen molar-refractivity contribution in [3.05, 3.63) is 18.0 Å². The zero-order valence-electron chi connectivity index (χ0n) is 15.6. The van der Waals surface area contributed by atoms with Crippen LogP contribution in [0.15, 0.2) is 12.3 Å². The topological polar surface area (TPSA) is 59.8 Å². The molecule has 1 amide bonds. The van der Waals surface area contributed by atoms with E-state index in [-0.39, 0.29) is 11.3 Å². The fourth-order valence-corrected chi connectivity index (χ4v) is 4.38. The van der Waals surface area contributed by atoms with Gasteiger partial charge in [0, 0.05) is 66.1 Å². The Bertz CT molecular complexity index is 581. The van der Waals surface area contributed by atoms with Crippen LogP contribution in [0.25, 0.3) is 0 Å². The minimum Gasteiger partial charge on any atom is -0.384 e. The molecular formula is C18H30N4O3. The van der Waals surface area contributed by atoms with Crippen molar-refractivity contribution in [2.24, 2.45) is 18.4 Å². The summed E-state index contributed by atoms with van der Waals surface area (Å²) in [5, 5.41) is 4.25. The first-order chi connectivity index (χ1) is 12.1. The predicted octanol–water partition coefficient (Wildman–Crippen LogP) is 0.867. The molecule has 1 aromatic rings. The summed E-state index contributed by atoms with van der Waals surface area (Å²) in [6.07, 6.45) is 3.88. The zero-order valence-corrected chi connectivity index (χ0v) is 15.6. The molecule has 0 bridgehead atoms. The van der Waals surface area contributed by atoms with Gasteiger partial charge in [0.25, 0.3) is 5.91 Å². The smallest absolute Gasteiger partial charge is 0.274 e. The van der Waals surface area contributed by atoms with Gasteiger partial charge in [0.2, 0.25) is 0 Å². The van der Waals surface area contributed by atoms with E-state index in [1.54, 1.807) is 25.0 Å². The molecule has 140 valence electrons. The second-order valence-corrected chi connectivity index (χ2v) is 7.41. The molecule has 3 heterocycles. The lowest BCUT2D eigenvalue weighted by Crippen LogP contribution is -2.47. The van der Waals surface area contributed by atoms with Crippen LogP contribution in [0.3, 0.4) is 0 Å². The van der Waals surface area contributed by atoms with Crippen molar-refractivity contribution in [1.29, 1.82) is 0 Å². The van der Waals surface area contributed by atoms with Crippen molar-refractivity contribution in [1.82, 2.24) is 19.6 Å². The van der Waals surface area contributed by atoms with E-state index >= 15 is 0 Å². The molecule has 2 saturated heterocycles. The Morgan fingerprint density at radius 1 is 1.32 bits per heavy atom. The third-order valence-corrected chi connectivity index (χ3v) is 5.84. The number of ether oxygens (including phenoxy) is 2. The second-order valence-electron chi connectivity index (χ2n) is 7.41. The van der Waals surface area contributed by atoms with Crippen LogP contribution >= 0.6 is 0 Å². The van der Waals surface area contributed by atoms with E-state index in [1.165, 1.54) is 0 Å². The highest BCUT2D eigenvalue weighted by molar-refractivity contribution is 5.92. The summed E-state index contributed by atoms with van der Waals surface area (Å²) in [6.45, 7) is 6.26. The molecule has 2 fully saturated rings. The molecule has 0 saturated carbocycles. The van der Waals surface area contributed by atoms with E-state index in [9.17, 15) is 4.79 Å². The Morgan fingerprint density at radius 3 is 2.68 bits per heavy atom. The highest BCUT2D eigenvalue weighted by atomic mass is 16.5. The van der Waals surface area contributed by atoms with Gasteiger partial charge in [-0.15, -0.1) is 0 Å². The van der Waals surface area contributed by atoms with E-state index < -0.39 is 0 Å². The summed E-state index contributed by atoms with van der Waals surface area (Å²) in [5.41, 5.74) is 0.796. The van der Waals surface area contributed by atoms with Gasteiger partial charge in [-0.25, -0.2) is 0 Å². The Hall–Kier alpha value is -1.44. The fourth-order valence-electron chi connectivity index (χ4n) is 4.38. The summed E-state index contributed by atoms with van der Waals surface area (Å²) >= 11 is 0. The maximum atomic E-state index is 12.6. The molecular weight excluding hydrogens is 320 g/mol. The Kier molecular flexibility index (Phi) is 5.76. The molecule has 7 heteroatoms. The van der Waals surface area contributed by atoms with Crippen LogP contribution in [0.2, 0.25) is 0 Å². The quantitative estimate of drug-likeness (QED) is 0.762. The Balaban J connectivity index is 1.63. The summed E-state index contributed by atoms with van der Waals surface area (Å²) in [4.78, 5) is 17.1. The third-order valence-electron chi connectivity index (χ3n) is 5.84. The van der Waals surface area contributed by atoms with Gasteiger partial charge in [0.1, 0.15) is 5.69 Å². The lowest BCUT2D eigenvalue weighted by Gasteiger charge is -2.42. The Labute approximate surface area is 149 Å². The second kappa shape index (κ2) is 7.85. The molecule has 1 aromatic heterocycles. The lowest BCUT2D eigenvalue weighted by atomic mass is 9.71. The van der Waals surface area contributed by atoms with Gasteiger partial charge in [-0.2, -0.15) is 5.10 Å². The van der Waals surface area contributed by atoms with Crippen molar-refractivity contribution >= 4 is 5.91 Å². The number of aromatic nitrogens is 2. The summed E-state index contributed by atoms with van der Waals surface area (Å²) in [6, 6.07) is 1.79. The molecule has 1 atom stereocenters. The number of nitrogens with zero attached hydrogens (tertiary/aromatic N) is 4. The van der Waals surface area contributed by atoms with E-state index in [1.807, 2.05) is 18.1 Å². The van der Waals surface area contributed by atoms with Crippen molar-refractivity contribution in [2.45, 2.75) is 12.8 Å². The number of carbonyl (C=O) groups is 1. The predicted molar refractivity (Wildman–Crippen MR) is 94.5 cm³/mol. The van der Waals surface area contributed by atoms with Gasteiger partial charge in [-0.3, -0.25) is 9.48 Å². The highest BCUT2D eigenvalue weighted by Crippen LogP contribution is 2.44. The van der Waals surface area contributed by atoms with E-state index in [0.29, 0.717) is 11.6 Å². The van der Waals surface area contributed by atoms with E-state index in [4.69, 9.17) is 9.47 Å². The molecule has 0 radical (unpaired) electrons. The molecule has 2 aliphatic heterocycles. The van der Waals surface area contributed by atoms with Crippen LogP contribution in [0.5, 0.6) is 0 Å². The van der Waals surface area contributed by atoms with Crippen LogP contribution in [0.1, 0.15) is 23.3 Å². The molecule has 0 N–H and O–H groups in total. The van der Waals surface area contributed by atoms with Gasteiger partial charge >= 0.3 is 0 Å². The van der Waals surface area contributed by atoms with E-state index in [2.05, 4.69) is 10.00 Å². The maximum absolute atomic E-state index is 12.6. The Morgan fingerprint density at radius 2 is 2.08 bits per heavy atom. The number of piperidine rings is 1. The molecule has 2 aliphatic rings. The van der Waals surface area contributed by atoms with Crippen molar-refractivity contribution in [3.8, 4) is 0 Å². The van der Waals surface area contributed by atoms with E-state index in [0.717, 1.165) is 58.8 Å². The highest BCUT2D eigenvalue weighted by Gasteiger charge is 2.48. The molecule has 0 unspecified atom stereocenters. The standard InChI is InChI=1S/C18H30N4O3/c1-20-7-4-16(19-20)17(23)22-8-5-18(6-9-22)14-21(10-11-24-2)12-15(18)13-25-3/h4,7,15H,5-6,8-14H2,1-3H3/t15-/m1/s1. The summed E-state index contributed by atoms with van der Waals surface area (Å²) in [5.74, 6) is 0.578. The fraction of sp³-hybridized carbons (Fsp3) is 0.778. The van der Waals surface area contributed by atoms with Gasteiger partial charge in [-0.05, 0) is 24.3 Å². The number of rotatable bonds is 6. The number of methoxy groups -OCH3 is 2. The van der Waals surface area contributed by atoms with Crippen molar-refractivity contribution in [2.75, 3.05) is 60.2 Å². The van der Waals surface area contributed by atoms with Crippen LogP contribution in [-0.4, -0.2) is 85.6 Å². The number of amides is 1. The summed E-state index contributed by atoms with van der Waals surface area (Å²) < 4.78 is 12.4. The SMILES string of the molecule is COCCN1C[C@H](COC)C2(CCN(C(=O)c3ccn(C)n3)CC2)C1. The third kappa shape index (κ3) is 3.88. The van der Waals surface area contributed by atoms with Gasteiger partial charge in [-0.1, -0.05) is 0 Å². The number of hydrogen-bond acceptors (Lipinski definition) is 5. The number of aryl methyl sites for hydroxylation is 1. The van der Waals surface area contributed by atoms with Crippen LogP contribution in [-0.2, 0) is 16.5 Å². The zero-order chi connectivity index (χ0) is 17.9. The molecule has 3 rings (SSSR count). The van der Waals surface area contributed by atoms with Crippen LogP contribution < -0.4 is 0 Å². The number of carbonyl (C=O) groups excluding carboxylic acids is 1. The minimum absolute atomic E-state index is 0.0491. The molecule has 25 heavy (non-hydrogen) atoms. The molecule has 7 nitrogen and oxygen atoms in total. The van der Waals surface area contributed by atoms with Gasteiger partial charge < -0.3 is 19.3 Å². The van der Waals surface area contributed by atoms with Crippen molar-refractivity contribution in [3.63, 3.8) is 0 Å². The first-order valence-electron chi connectivity index (χ1n) is 9.07. The average molecular weight is 350 g/mol. The monoisotopic (exact) mass is 350 g/mol. The molecule has 0 aliphatic carbocycles.